The molecule has 1 fully saturated rings. The van der Waals surface area contributed by atoms with Gasteiger partial charge in [0.2, 0.25) is 17.7 Å². The maximum Gasteiger partial charge on any atom is 0.354 e. The molecule has 1 aliphatic heterocycles. The minimum absolute atomic E-state index is 0.0269. The van der Waals surface area contributed by atoms with Crippen molar-refractivity contribution < 1.29 is 43.2 Å². The highest BCUT2D eigenvalue weighted by Crippen LogP contribution is 2.17. The average molecular weight is 579 g/mol. The summed E-state index contributed by atoms with van der Waals surface area (Å²) in [6.07, 6.45) is -1.15. The van der Waals surface area contributed by atoms with Crippen molar-refractivity contribution in [3.63, 3.8) is 0 Å². The molecule has 1 saturated heterocycles. The van der Waals surface area contributed by atoms with Gasteiger partial charge in [0, 0.05) is 32.7 Å². The zero-order valence-corrected chi connectivity index (χ0v) is 23.3. The van der Waals surface area contributed by atoms with Gasteiger partial charge in [0.1, 0.15) is 12.1 Å². The van der Waals surface area contributed by atoms with Gasteiger partial charge in [-0.3, -0.25) is 29.4 Å². The standard InChI is InChI=1S/C20H35N7O9P2/c1-11(28)24-12(4-3-9-22-20(21)26-38-2)18(33)23-10-14(29)25-13(5-8-17(32)36-37)19(34)35-27-15(30)6-7-16(27)31/h12-13,15,30,38H,3-10,37H2,1-2H3,(H,23,33)(H,24,28)(H,25,29)(H3,21,22,26)/t12-,13?,15?/m0/s1. The highest BCUT2D eigenvalue weighted by Gasteiger charge is 2.35. The van der Waals surface area contributed by atoms with Crippen LogP contribution in [-0.2, 0) is 38.1 Å². The van der Waals surface area contributed by atoms with E-state index in [0.29, 0.717) is 26.8 Å². The third-order valence-corrected chi connectivity index (χ3v) is 5.81. The van der Waals surface area contributed by atoms with Gasteiger partial charge in [-0.05, 0) is 34.7 Å². The summed E-state index contributed by atoms with van der Waals surface area (Å²) in [7, 11) is 2.11. The van der Waals surface area contributed by atoms with Crippen LogP contribution in [0.25, 0.3) is 0 Å². The van der Waals surface area contributed by atoms with E-state index in [4.69, 9.17) is 10.2 Å². The molecule has 7 N–H and O–H groups in total. The molecule has 214 valence electrons. The minimum atomic E-state index is -1.39. The predicted octanol–water partition coefficient (Wildman–Crippen LogP) is -2.28. The summed E-state index contributed by atoms with van der Waals surface area (Å²) in [6.45, 7) is 2.91. The van der Waals surface area contributed by atoms with Gasteiger partial charge in [0.05, 0.1) is 16.0 Å². The molecule has 16 nitrogen and oxygen atoms in total. The van der Waals surface area contributed by atoms with Gasteiger partial charge in [-0.1, -0.05) is 0 Å². The van der Waals surface area contributed by atoms with Crippen molar-refractivity contribution in [2.45, 2.75) is 63.8 Å². The van der Waals surface area contributed by atoms with Crippen LogP contribution in [0.4, 0.5) is 0 Å². The highest BCUT2D eigenvalue weighted by molar-refractivity contribution is 7.35. The summed E-state index contributed by atoms with van der Waals surface area (Å²) >= 11 is 0. The number of hydroxylamine groups is 2. The van der Waals surface area contributed by atoms with Gasteiger partial charge in [-0.15, -0.1) is 5.06 Å². The van der Waals surface area contributed by atoms with E-state index >= 15 is 0 Å². The topological polar surface area (TPSA) is 228 Å². The van der Waals surface area contributed by atoms with Crippen LogP contribution in [-0.4, -0.2) is 89.8 Å². The summed E-state index contributed by atoms with van der Waals surface area (Å²) < 4.78 is 4.45. The molecule has 0 spiro atoms. The van der Waals surface area contributed by atoms with Crippen molar-refractivity contribution in [2.24, 2.45) is 0 Å². The molecular weight excluding hydrogens is 544 g/mol. The molecule has 0 radical (unpaired) electrons. The van der Waals surface area contributed by atoms with Crippen LogP contribution in [0.1, 0.15) is 45.4 Å². The first-order valence-corrected chi connectivity index (χ1v) is 13.7. The van der Waals surface area contributed by atoms with Crippen LogP contribution in [0.15, 0.2) is 0 Å². The van der Waals surface area contributed by atoms with Crippen LogP contribution >= 0.6 is 18.2 Å². The van der Waals surface area contributed by atoms with Crippen LogP contribution in [0.5, 0.6) is 0 Å². The normalized spacial score (nSPS) is 16.4. The van der Waals surface area contributed by atoms with Crippen LogP contribution in [0.2, 0.25) is 0 Å². The Balaban J connectivity index is 2.68. The largest absolute Gasteiger partial charge is 0.452 e. The summed E-state index contributed by atoms with van der Waals surface area (Å²) in [5.74, 6) is -4.17. The number of aliphatic hydroxyl groups is 1. The molecule has 1 aliphatic rings. The number of aliphatic hydroxyl groups excluding tert-OH is 1. The molecule has 4 unspecified atom stereocenters. The molecule has 18 heteroatoms. The van der Waals surface area contributed by atoms with E-state index in [9.17, 15) is 33.9 Å². The number of hydrogen-bond donors (Lipinski definition) is 7. The van der Waals surface area contributed by atoms with E-state index in [1.165, 1.54) is 6.92 Å². The third kappa shape index (κ3) is 12.4. The number of amides is 4. The van der Waals surface area contributed by atoms with E-state index in [0.717, 1.165) is 0 Å². The molecule has 0 aromatic heterocycles. The smallest absolute Gasteiger partial charge is 0.354 e. The Kier molecular flexibility index (Phi) is 15.1. The number of carbonyl (C=O) groups excluding carboxylic acids is 6. The van der Waals surface area contributed by atoms with Gasteiger partial charge < -0.3 is 40.8 Å². The Labute approximate surface area is 223 Å². The first-order valence-electron chi connectivity index (χ1n) is 11.7. The van der Waals surface area contributed by atoms with E-state index in [1.54, 1.807) is 9.47 Å². The first kappa shape index (κ1) is 32.9. The van der Waals surface area contributed by atoms with Gasteiger partial charge in [0.15, 0.2) is 12.2 Å². The molecule has 0 aromatic carbocycles. The Morgan fingerprint density at radius 1 is 1.18 bits per heavy atom. The summed E-state index contributed by atoms with van der Waals surface area (Å²) in [6, 6.07) is -2.34. The first-order chi connectivity index (χ1) is 18.0. The summed E-state index contributed by atoms with van der Waals surface area (Å²) in [5.41, 5.74) is 0. The minimum Gasteiger partial charge on any atom is -0.452 e. The van der Waals surface area contributed by atoms with Crippen molar-refractivity contribution in [1.29, 1.82) is 5.41 Å². The fraction of sp³-hybridized carbons (Fsp3) is 0.650. The lowest BCUT2D eigenvalue weighted by molar-refractivity contribution is -0.222. The molecule has 0 bridgehead atoms. The van der Waals surface area contributed by atoms with Crippen LogP contribution < -0.4 is 26.4 Å². The van der Waals surface area contributed by atoms with Crippen molar-refractivity contribution in [3.8, 4) is 0 Å². The Morgan fingerprint density at radius 3 is 2.47 bits per heavy atom. The van der Waals surface area contributed by atoms with Gasteiger partial charge in [-0.25, -0.2) is 4.79 Å². The van der Waals surface area contributed by atoms with Crippen molar-refractivity contribution in [1.82, 2.24) is 31.4 Å². The molecule has 0 aliphatic carbocycles. The number of rotatable bonds is 15. The molecule has 0 saturated carbocycles. The lowest BCUT2D eigenvalue weighted by atomic mass is 10.1. The third-order valence-electron chi connectivity index (χ3n) is 5.05. The van der Waals surface area contributed by atoms with E-state index in [1.807, 2.05) is 6.66 Å². The van der Waals surface area contributed by atoms with E-state index < -0.39 is 60.4 Å². The highest BCUT2D eigenvalue weighted by atomic mass is 31.1. The maximum atomic E-state index is 12.6. The fourth-order valence-electron chi connectivity index (χ4n) is 3.23. The van der Waals surface area contributed by atoms with Crippen LogP contribution in [0, 0.1) is 5.41 Å². The number of hydrogen-bond acceptors (Lipinski definition) is 10. The fourth-order valence-corrected chi connectivity index (χ4v) is 3.68. The maximum absolute atomic E-state index is 12.6. The number of guanidine groups is 1. The molecule has 1 rings (SSSR count). The van der Waals surface area contributed by atoms with Crippen molar-refractivity contribution in [2.75, 3.05) is 19.8 Å². The quantitative estimate of drug-likeness (QED) is 0.0473. The second-order valence-electron chi connectivity index (χ2n) is 8.09. The van der Waals surface area contributed by atoms with E-state index in [-0.39, 0.29) is 38.1 Å². The van der Waals surface area contributed by atoms with Gasteiger partial charge >= 0.3 is 11.9 Å². The second kappa shape index (κ2) is 17.4. The second-order valence-corrected chi connectivity index (χ2v) is 9.07. The lowest BCUT2D eigenvalue weighted by Gasteiger charge is -2.23. The van der Waals surface area contributed by atoms with Crippen molar-refractivity contribution in [3.05, 3.63) is 0 Å². The number of nitrogens with zero attached hydrogens (tertiary/aromatic N) is 1. The predicted molar refractivity (Wildman–Crippen MR) is 138 cm³/mol. The van der Waals surface area contributed by atoms with E-state index in [2.05, 4.69) is 30.9 Å². The molecule has 0 aromatic rings. The summed E-state index contributed by atoms with van der Waals surface area (Å²) in [5, 5.41) is 30.7. The zero-order chi connectivity index (χ0) is 28.7. The Bertz CT molecular complexity index is 893. The average Bonchev–Trinajstić information content (AvgIpc) is 3.18. The van der Waals surface area contributed by atoms with Gasteiger partial charge in [0.25, 0.3) is 5.91 Å². The molecule has 38 heavy (non-hydrogen) atoms. The monoisotopic (exact) mass is 579 g/mol. The molecular formula is C20H35N7O9P2. The lowest BCUT2D eigenvalue weighted by Crippen LogP contribution is -2.51. The Morgan fingerprint density at radius 2 is 1.89 bits per heavy atom. The molecule has 4 amide bonds. The zero-order valence-electron chi connectivity index (χ0n) is 21.1. The molecule has 5 atom stereocenters. The SMILES string of the molecule is CPNC(=N)NCCC[C@H](NC(C)=O)C(=O)NCC(=O)NC(CCC(=O)OP)C(=O)ON1C(=O)CCC1O. The number of nitrogens with one attached hydrogen (secondary N) is 6. The molecule has 1 heterocycles. The Hall–Kier alpha value is -3.09. The summed E-state index contributed by atoms with van der Waals surface area (Å²) in [4.78, 5) is 77.4. The van der Waals surface area contributed by atoms with Gasteiger partial charge in [-0.2, -0.15) is 0 Å². The van der Waals surface area contributed by atoms with Crippen molar-refractivity contribution >= 4 is 59.7 Å². The van der Waals surface area contributed by atoms with Crippen LogP contribution in [0.3, 0.4) is 0 Å². The number of carbonyl (C=O) groups is 6.